The molecule has 2 aromatic rings. The Bertz CT molecular complexity index is 1940. The number of rotatable bonds is 6. The van der Waals surface area contributed by atoms with Crippen LogP contribution in [0.5, 0.6) is 0 Å². The topological polar surface area (TPSA) is 96.0 Å². The van der Waals surface area contributed by atoms with Gasteiger partial charge in [0.1, 0.15) is 30.2 Å². The zero-order valence-electron chi connectivity index (χ0n) is 26.7. The number of benzene rings is 2. The molecule has 0 bridgehead atoms. The fourth-order valence-electron chi connectivity index (χ4n) is 8.28. The van der Waals surface area contributed by atoms with Gasteiger partial charge in [0.15, 0.2) is 5.83 Å². The van der Waals surface area contributed by atoms with Gasteiger partial charge in [-0.3, -0.25) is 9.69 Å². The van der Waals surface area contributed by atoms with Gasteiger partial charge >= 0.3 is 0 Å². The molecule has 4 heterocycles. The average Bonchev–Trinajstić information content (AvgIpc) is 3.61. The molecule has 0 radical (unpaired) electrons. The van der Waals surface area contributed by atoms with Crippen molar-refractivity contribution < 1.29 is 22.7 Å². The molecule has 8 nitrogen and oxygen atoms in total. The lowest BCUT2D eigenvalue weighted by Crippen LogP contribution is -2.56. The van der Waals surface area contributed by atoms with Crippen LogP contribution in [0.3, 0.4) is 0 Å². The molecule has 7 rings (SSSR count). The van der Waals surface area contributed by atoms with Crippen LogP contribution in [-0.4, -0.2) is 89.6 Å². The first-order valence-corrected chi connectivity index (χ1v) is 16.8. The van der Waals surface area contributed by atoms with Crippen LogP contribution in [0.15, 0.2) is 83.0 Å². The third kappa shape index (κ3) is 5.79. The molecule has 0 N–H and O–H groups in total. The number of allylic oxidation sites excluding steroid dienone is 2. The highest BCUT2D eigenvalue weighted by Gasteiger charge is 2.50. The van der Waals surface area contributed by atoms with Crippen molar-refractivity contribution in [2.24, 2.45) is 10.9 Å². The smallest absolute Gasteiger partial charge is 0.282 e. The Morgan fingerprint density at radius 2 is 1.94 bits per heavy atom. The molecule has 1 amide bonds. The number of amides is 1. The van der Waals surface area contributed by atoms with Crippen molar-refractivity contribution in [3.05, 3.63) is 88.6 Å². The third-order valence-electron chi connectivity index (χ3n) is 10.5. The number of halogens is 4. The quantitative estimate of drug-likeness (QED) is 0.326. The second-order valence-electron chi connectivity index (χ2n) is 13.3. The van der Waals surface area contributed by atoms with Crippen LogP contribution in [0.4, 0.5) is 13.2 Å². The highest BCUT2D eigenvalue weighted by atomic mass is 35.5. The minimum absolute atomic E-state index is 0.0544. The summed E-state index contributed by atoms with van der Waals surface area (Å²) in [6.45, 7) is 4.72. The number of dihydropyridines is 1. The van der Waals surface area contributed by atoms with Crippen LogP contribution in [0, 0.1) is 28.6 Å². The number of aliphatic imine (C=N–C) groups is 1. The molecule has 0 saturated carbocycles. The first-order valence-electron chi connectivity index (χ1n) is 16.4. The Morgan fingerprint density at radius 3 is 2.69 bits per heavy atom. The molecule has 5 aliphatic rings. The molecule has 12 heteroatoms. The van der Waals surface area contributed by atoms with E-state index in [9.17, 15) is 24.1 Å². The molecule has 1 aliphatic carbocycles. The summed E-state index contributed by atoms with van der Waals surface area (Å²) in [5, 5.41) is 22.2. The number of nitrogens with zero attached hydrogens (tertiary/aromatic N) is 6. The number of nitriles is 2. The SMILES string of the molecule is C=C(F)C(=O)N1CCN(C2=C(C#N)C(OC[C@@]34CCCN3C[C@H](F)C4)=NC3C=C(c4cccc5cccc(Cl)c45)C(F)=CC23)C[C@@H]1CC#N. The summed E-state index contributed by atoms with van der Waals surface area (Å²) in [5.74, 6) is -3.17. The normalized spacial score (nSPS) is 28.2. The number of hydrogen-bond donors (Lipinski definition) is 0. The minimum atomic E-state index is -1.12. The number of piperazine rings is 1. The highest BCUT2D eigenvalue weighted by Crippen LogP contribution is 2.45. The largest absolute Gasteiger partial charge is 0.475 e. The molecule has 4 aliphatic heterocycles. The Kier molecular flexibility index (Phi) is 8.76. The predicted octanol–water partition coefficient (Wildman–Crippen LogP) is 6.42. The summed E-state index contributed by atoms with van der Waals surface area (Å²) < 4.78 is 51.3. The van der Waals surface area contributed by atoms with E-state index in [1.54, 1.807) is 18.2 Å². The Hall–Kier alpha value is -4.58. The average molecular weight is 687 g/mol. The van der Waals surface area contributed by atoms with Gasteiger partial charge in [-0.05, 0) is 48.6 Å². The third-order valence-corrected chi connectivity index (χ3v) is 10.8. The monoisotopic (exact) mass is 686 g/mol. The molecule has 0 aromatic heterocycles. The number of carbonyl (C=O) groups excluding carboxylic acids is 1. The van der Waals surface area contributed by atoms with Gasteiger partial charge in [0.2, 0.25) is 5.90 Å². The van der Waals surface area contributed by atoms with Gasteiger partial charge in [-0.15, -0.1) is 0 Å². The van der Waals surface area contributed by atoms with Crippen molar-refractivity contribution in [3.63, 3.8) is 0 Å². The van der Waals surface area contributed by atoms with E-state index in [1.165, 1.54) is 11.0 Å². The molecule has 5 atom stereocenters. The zero-order chi connectivity index (χ0) is 34.4. The van der Waals surface area contributed by atoms with Crippen molar-refractivity contribution in [2.45, 2.75) is 49.5 Å². The molecule has 2 unspecified atom stereocenters. The molecule has 252 valence electrons. The first-order chi connectivity index (χ1) is 23.6. The number of ether oxygens (including phenoxy) is 1. The summed E-state index contributed by atoms with van der Waals surface area (Å²) in [6.07, 6.45) is 4.12. The Morgan fingerprint density at radius 1 is 1.14 bits per heavy atom. The van der Waals surface area contributed by atoms with Gasteiger partial charge in [-0.2, -0.15) is 10.5 Å². The van der Waals surface area contributed by atoms with Crippen molar-refractivity contribution in [3.8, 4) is 12.1 Å². The van der Waals surface area contributed by atoms with E-state index >= 15 is 4.39 Å². The van der Waals surface area contributed by atoms with Crippen molar-refractivity contribution >= 4 is 39.8 Å². The highest BCUT2D eigenvalue weighted by molar-refractivity contribution is 6.36. The maximum atomic E-state index is 16.4. The lowest BCUT2D eigenvalue weighted by atomic mass is 9.81. The van der Waals surface area contributed by atoms with Gasteiger partial charge in [0.05, 0.1) is 30.1 Å². The lowest BCUT2D eigenvalue weighted by Gasteiger charge is -2.45. The van der Waals surface area contributed by atoms with Crippen LogP contribution in [0.1, 0.15) is 31.2 Å². The summed E-state index contributed by atoms with van der Waals surface area (Å²) in [4.78, 5) is 22.8. The van der Waals surface area contributed by atoms with Gasteiger partial charge in [0.25, 0.3) is 5.91 Å². The van der Waals surface area contributed by atoms with Crippen molar-refractivity contribution in [1.29, 1.82) is 10.5 Å². The summed E-state index contributed by atoms with van der Waals surface area (Å²) >= 11 is 6.63. The Balaban J connectivity index is 1.30. The summed E-state index contributed by atoms with van der Waals surface area (Å²) in [6, 6.07) is 13.9. The minimum Gasteiger partial charge on any atom is -0.475 e. The van der Waals surface area contributed by atoms with Crippen LogP contribution < -0.4 is 0 Å². The number of fused-ring (bicyclic) bond motifs is 3. The van der Waals surface area contributed by atoms with E-state index in [0.717, 1.165) is 24.8 Å². The van der Waals surface area contributed by atoms with E-state index in [4.69, 9.17) is 21.3 Å². The van der Waals surface area contributed by atoms with Crippen LogP contribution in [-0.2, 0) is 9.53 Å². The van der Waals surface area contributed by atoms with Crippen LogP contribution in [0.2, 0.25) is 5.02 Å². The summed E-state index contributed by atoms with van der Waals surface area (Å²) in [5.41, 5.74) is 0.952. The standard InChI is InChI=1S/C37H34ClF3N6O2/c1-22(39)36(48)47-14-13-45(20-25(47)9-11-42)34-28-15-31(41)27(26-7-2-5-23-6-3-8-30(38)33(23)26)16-32(28)44-35(29(34)18-43)49-21-37-10-4-12-46(37)19-24(40)17-37/h2-3,5-8,15-16,24-25,28,32H,1,4,9-10,12-14,17,19-21H2/t24-,25+,28?,32?,37+/m1/s1. The first kappa shape index (κ1) is 32.9. The zero-order valence-corrected chi connectivity index (χ0v) is 27.5. The van der Waals surface area contributed by atoms with Crippen molar-refractivity contribution in [2.75, 3.05) is 39.3 Å². The maximum Gasteiger partial charge on any atom is 0.282 e. The molecule has 49 heavy (non-hydrogen) atoms. The molecule has 3 saturated heterocycles. The molecule has 0 spiro atoms. The lowest BCUT2D eigenvalue weighted by molar-refractivity contribution is -0.133. The fourth-order valence-corrected chi connectivity index (χ4v) is 8.57. The molecule has 2 aromatic carbocycles. The van der Waals surface area contributed by atoms with Gasteiger partial charge in [0, 0.05) is 60.2 Å². The van der Waals surface area contributed by atoms with Gasteiger partial charge in [-0.25, -0.2) is 18.2 Å². The fraction of sp³-hybridized carbons (Fsp3) is 0.405. The maximum absolute atomic E-state index is 16.4. The predicted molar refractivity (Wildman–Crippen MR) is 180 cm³/mol. The van der Waals surface area contributed by atoms with E-state index in [1.807, 2.05) is 29.2 Å². The Labute approximate surface area is 287 Å². The second-order valence-corrected chi connectivity index (χ2v) is 13.7. The molecule has 3 fully saturated rings. The number of alkyl halides is 1. The van der Waals surface area contributed by atoms with E-state index in [2.05, 4.69) is 23.6 Å². The van der Waals surface area contributed by atoms with Gasteiger partial charge in [-0.1, -0.05) is 48.5 Å². The van der Waals surface area contributed by atoms with Crippen molar-refractivity contribution in [1.82, 2.24) is 14.7 Å². The van der Waals surface area contributed by atoms with Gasteiger partial charge < -0.3 is 14.5 Å². The van der Waals surface area contributed by atoms with Crippen LogP contribution >= 0.6 is 11.6 Å². The van der Waals surface area contributed by atoms with E-state index < -0.39 is 47.3 Å². The molecular formula is C37H34ClF3N6O2. The van der Waals surface area contributed by atoms with Crippen LogP contribution in [0.25, 0.3) is 16.3 Å². The summed E-state index contributed by atoms with van der Waals surface area (Å²) in [7, 11) is 0. The number of carbonyl (C=O) groups is 1. The number of hydrogen-bond acceptors (Lipinski definition) is 7. The van der Waals surface area contributed by atoms with E-state index in [0.29, 0.717) is 40.2 Å². The molecular weight excluding hydrogens is 653 g/mol. The van der Waals surface area contributed by atoms with E-state index in [-0.39, 0.29) is 44.1 Å². The second kappa shape index (κ2) is 13.0.